The van der Waals surface area contributed by atoms with Crippen LogP contribution in [0.5, 0.6) is 0 Å². The van der Waals surface area contributed by atoms with E-state index < -0.39 is 0 Å². The van der Waals surface area contributed by atoms with E-state index in [9.17, 15) is 0 Å². The number of halogens is 2. The highest BCUT2D eigenvalue weighted by Gasteiger charge is 2.04. The van der Waals surface area contributed by atoms with Gasteiger partial charge in [0, 0.05) is 15.7 Å². The van der Waals surface area contributed by atoms with E-state index in [4.69, 9.17) is 0 Å². The lowest BCUT2D eigenvalue weighted by Crippen LogP contribution is -2.33. The third kappa shape index (κ3) is 6.38. The van der Waals surface area contributed by atoms with Crippen LogP contribution >= 0.6 is 35.0 Å². The molecule has 1 aromatic carbocycles. The van der Waals surface area contributed by atoms with Gasteiger partial charge in [-0.3, -0.25) is 0 Å². The number of hydrogen-bond acceptors (Lipinski definition) is 1. The van der Waals surface area contributed by atoms with Gasteiger partial charge in [-0.2, -0.15) is 0 Å². The standard InChI is InChI=1S/C12H18IN.ClH/c1-9(2)14-10(3)8-11-4-6-12(13)7-5-11;/h4-7,9-10,14H,8H2,1-3H3;1H. The van der Waals surface area contributed by atoms with Gasteiger partial charge in [0.05, 0.1) is 0 Å². The Morgan fingerprint density at radius 2 is 1.67 bits per heavy atom. The summed E-state index contributed by atoms with van der Waals surface area (Å²) in [6.07, 6.45) is 1.11. The molecule has 0 radical (unpaired) electrons. The molecule has 0 aliphatic heterocycles. The van der Waals surface area contributed by atoms with Crippen LogP contribution < -0.4 is 5.32 Å². The van der Waals surface area contributed by atoms with Gasteiger partial charge in [0.25, 0.3) is 0 Å². The van der Waals surface area contributed by atoms with Crippen LogP contribution in [0, 0.1) is 3.57 Å². The van der Waals surface area contributed by atoms with Crippen LogP contribution in [0.4, 0.5) is 0 Å². The van der Waals surface area contributed by atoms with E-state index in [2.05, 4.69) is 72.9 Å². The molecule has 1 atom stereocenters. The highest BCUT2D eigenvalue weighted by molar-refractivity contribution is 14.1. The molecule has 0 bridgehead atoms. The lowest BCUT2D eigenvalue weighted by Gasteiger charge is -2.16. The van der Waals surface area contributed by atoms with Crippen LogP contribution in [-0.2, 0) is 6.42 Å². The van der Waals surface area contributed by atoms with Crippen LogP contribution in [0.3, 0.4) is 0 Å². The molecule has 0 fully saturated rings. The van der Waals surface area contributed by atoms with Crippen LogP contribution in [0.2, 0.25) is 0 Å². The third-order valence-corrected chi connectivity index (χ3v) is 2.79. The summed E-state index contributed by atoms with van der Waals surface area (Å²) in [7, 11) is 0. The minimum Gasteiger partial charge on any atom is -0.312 e. The maximum absolute atomic E-state index is 3.50. The quantitative estimate of drug-likeness (QED) is 0.826. The molecule has 0 saturated heterocycles. The van der Waals surface area contributed by atoms with Gasteiger partial charge in [-0.15, -0.1) is 12.4 Å². The smallest absolute Gasteiger partial charge is 0.0130 e. The molecule has 1 nitrogen and oxygen atoms in total. The van der Waals surface area contributed by atoms with E-state index >= 15 is 0 Å². The molecular formula is C12H19ClIN. The maximum Gasteiger partial charge on any atom is 0.0130 e. The predicted octanol–water partition coefficient (Wildman–Crippen LogP) is 3.64. The largest absolute Gasteiger partial charge is 0.312 e. The molecule has 1 rings (SSSR count). The monoisotopic (exact) mass is 339 g/mol. The van der Waals surface area contributed by atoms with Gasteiger partial charge < -0.3 is 5.32 Å². The zero-order valence-electron chi connectivity index (χ0n) is 9.46. The lowest BCUT2D eigenvalue weighted by atomic mass is 10.1. The molecule has 3 heteroatoms. The van der Waals surface area contributed by atoms with E-state index in [1.165, 1.54) is 9.13 Å². The summed E-state index contributed by atoms with van der Waals surface area (Å²) in [6, 6.07) is 9.86. The van der Waals surface area contributed by atoms with E-state index in [0.29, 0.717) is 12.1 Å². The van der Waals surface area contributed by atoms with E-state index in [1.54, 1.807) is 0 Å². The molecule has 1 aromatic rings. The van der Waals surface area contributed by atoms with Crippen molar-refractivity contribution in [2.45, 2.75) is 39.3 Å². The topological polar surface area (TPSA) is 12.0 Å². The Hall–Kier alpha value is 0.200. The van der Waals surface area contributed by atoms with Gasteiger partial charge in [-0.05, 0) is 53.6 Å². The van der Waals surface area contributed by atoms with Crippen LogP contribution in [-0.4, -0.2) is 12.1 Å². The normalized spacial score (nSPS) is 12.3. The Kier molecular flexibility index (Phi) is 7.57. The molecular weight excluding hydrogens is 320 g/mol. The second kappa shape index (κ2) is 7.47. The molecule has 86 valence electrons. The first-order chi connectivity index (χ1) is 6.58. The highest BCUT2D eigenvalue weighted by Crippen LogP contribution is 2.08. The number of rotatable bonds is 4. The Morgan fingerprint density at radius 3 is 2.13 bits per heavy atom. The summed E-state index contributed by atoms with van der Waals surface area (Å²) >= 11 is 2.33. The fraction of sp³-hybridized carbons (Fsp3) is 0.500. The summed E-state index contributed by atoms with van der Waals surface area (Å²) in [6.45, 7) is 6.60. The fourth-order valence-corrected chi connectivity index (χ4v) is 1.96. The van der Waals surface area contributed by atoms with E-state index in [1.807, 2.05) is 0 Å². The van der Waals surface area contributed by atoms with Crippen LogP contribution in [0.15, 0.2) is 24.3 Å². The van der Waals surface area contributed by atoms with Crippen molar-refractivity contribution in [3.05, 3.63) is 33.4 Å². The summed E-state index contributed by atoms with van der Waals surface area (Å²) in [4.78, 5) is 0. The Bertz CT molecular complexity index is 271. The molecule has 0 saturated carbocycles. The van der Waals surface area contributed by atoms with Crippen molar-refractivity contribution in [1.29, 1.82) is 0 Å². The van der Waals surface area contributed by atoms with Gasteiger partial charge in [0.1, 0.15) is 0 Å². The lowest BCUT2D eigenvalue weighted by molar-refractivity contribution is 0.488. The SMILES string of the molecule is CC(C)NC(C)Cc1ccc(I)cc1.Cl. The van der Waals surface area contributed by atoms with Crippen molar-refractivity contribution in [3.8, 4) is 0 Å². The Balaban J connectivity index is 0.00000196. The minimum absolute atomic E-state index is 0. The molecule has 1 unspecified atom stereocenters. The molecule has 0 spiro atoms. The Morgan fingerprint density at radius 1 is 1.13 bits per heavy atom. The van der Waals surface area contributed by atoms with E-state index in [0.717, 1.165) is 6.42 Å². The van der Waals surface area contributed by atoms with Gasteiger partial charge in [-0.25, -0.2) is 0 Å². The summed E-state index contributed by atoms with van der Waals surface area (Å²) in [5.74, 6) is 0. The number of hydrogen-bond donors (Lipinski definition) is 1. The van der Waals surface area contributed by atoms with Gasteiger partial charge >= 0.3 is 0 Å². The zero-order valence-corrected chi connectivity index (χ0v) is 12.4. The summed E-state index contributed by atoms with van der Waals surface area (Å²) in [5, 5.41) is 3.50. The molecule has 0 amide bonds. The maximum atomic E-state index is 3.50. The summed E-state index contributed by atoms with van der Waals surface area (Å²) in [5.41, 5.74) is 1.41. The average Bonchev–Trinajstić information content (AvgIpc) is 2.07. The first kappa shape index (κ1) is 15.2. The minimum atomic E-state index is 0. The van der Waals surface area contributed by atoms with Crippen LogP contribution in [0.1, 0.15) is 26.3 Å². The van der Waals surface area contributed by atoms with Crippen molar-refractivity contribution in [3.63, 3.8) is 0 Å². The van der Waals surface area contributed by atoms with E-state index in [-0.39, 0.29) is 12.4 Å². The average molecular weight is 340 g/mol. The Labute approximate surface area is 113 Å². The number of nitrogens with one attached hydrogen (secondary N) is 1. The van der Waals surface area contributed by atoms with Gasteiger partial charge in [-0.1, -0.05) is 26.0 Å². The molecule has 0 heterocycles. The molecule has 0 aliphatic rings. The molecule has 0 aromatic heterocycles. The zero-order chi connectivity index (χ0) is 10.6. The second-order valence-corrected chi connectivity index (χ2v) is 5.30. The molecule has 15 heavy (non-hydrogen) atoms. The predicted molar refractivity (Wildman–Crippen MR) is 77.8 cm³/mol. The van der Waals surface area contributed by atoms with Gasteiger partial charge in [0.15, 0.2) is 0 Å². The highest BCUT2D eigenvalue weighted by atomic mass is 127. The first-order valence-corrected chi connectivity index (χ1v) is 6.16. The number of benzene rings is 1. The third-order valence-electron chi connectivity index (χ3n) is 2.07. The van der Waals surface area contributed by atoms with Crippen molar-refractivity contribution in [1.82, 2.24) is 5.32 Å². The molecule has 0 aliphatic carbocycles. The van der Waals surface area contributed by atoms with Crippen molar-refractivity contribution >= 4 is 35.0 Å². The summed E-state index contributed by atoms with van der Waals surface area (Å²) < 4.78 is 1.30. The van der Waals surface area contributed by atoms with Crippen molar-refractivity contribution in [2.75, 3.05) is 0 Å². The van der Waals surface area contributed by atoms with Gasteiger partial charge in [0.2, 0.25) is 0 Å². The first-order valence-electron chi connectivity index (χ1n) is 5.08. The van der Waals surface area contributed by atoms with Crippen molar-refractivity contribution in [2.24, 2.45) is 0 Å². The fourth-order valence-electron chi connectivity index (χ4n) is 1.60. The second-order valence-electron chi connectivity index (χ2n) is 4.05. The van der Waals surface area contributed by atoms with Crippen LogP contribution in [0.25, 0.3) is 0 Å². The molecule has 1 N–H and O–H groups in total. The van der Waals surface area contributed by atoms with Crippen molar-refractivity contribution < 1.29 is 0 Å².